The van der Waals surface area contributed by atoms with Crippen molar-refractivity contribution in [2.24, 2.45) is 5.73 Å². The van der Waals surface area contributed by atoms with Gasteiger partial charge in [-0.15, -0.1) is 12.4 Å². The van der Waals surface area contributed by atoms with Crippen molar-refractivity contribution in [2.75, 3.05) is 13.1 Å². The van der Waals surface area contributed by atoms with Gasteiger partial charge in [0.05, 0.1) is 5.52 Å². The van der Waals surface area contributed by atoms with Crippen LogP contribution >= 0.6 is 12.4 Å². The summed E-state index contributed by atoms with van der Waals surface area (Å²) in [5.41, 5.74) is 8.37. The Hall–Kier alpha value is -1.16. The second kappa shape index (κ2) is 6.33. The normalized spacial score (nSPS) is 17.3. The number of hydrogen-bond acceptors (Lipinski definition) is 3. The predicted molar refractivity (Wildman–Crippen MR) is 81.5 cm³/mol. The summed E-state index contributed by atoms with van der Waals surface area (Å²) in [7, 11) is 0. The molecule has 0 spiro atoms. The Morgan fingerprint density at radius 1 is 1.21 bits per heavy atom. The van der Waals surface area contributed by atoms with E-state index >= 15 is 0 Å². The predicted octanol–water partition coefficient (Wildman–Crippen LogP) is 2.58. The molecule has 1 aromatic heterocycles. The Kier molecular flexibility index (Phi) is 4.75. The van der Waals surface area contributed by atoms with Gasteiger partial charge in [0, 0.05) is 24.2 Å². The number of halogens is 1. The molecule has 2 aromatic rings. The number of piperidine rings is 1. The maximum absolute atomic E-state index is 5.93. The molecule has 3 nitrogen and oxygen atoms in total. The minimum atomic E-state index is 0. The fourth-order valence-electron chi connectivity index (χ4n) is 2.59. The molecule has 2 heterocycles. The van der Waals surface area contributed by atoms with Gasteiger partial charge >= 0.3 is 0 Å². The minimum absolute atomic E-state index is 0. The molecule has 0 bridgehead atoms. The summed E-state index contributed by atoms with van der Waals surface area (Å²) < 4.78 is 0. The SMILES string of the molecule is Cl.NC1CCN(Cc2ccc3ncccc3c2)CC1. The van der Waals surface area contributed by atoms with E-state index in [1.807, 2.05) is 12.3 Å². The first-order valence-electron chi connectivity index (χ1n) is 6.63. The lowest BCUT2D eigenvalue weighted by molar-refractivity contribution is 0.206. The van der Waals surface area contributed by atoms with Gasteiger partial charge < -0.3 is 5.73 Å². The molecule has 0 amide bonds. The average molecular weight is 278 g/mol. The van der Waals surface area contributed by atoms with E-state index < -0.39 is 0 Å². The van der Waals surface area contributed by atoms with Crippen molar-refractivity contribution in [1.29, 1.82) is 0 Å². The second-order valence-electron chi connectivity index (χ2n) is 5.14. The van der Waals surface area contributed by atoms with Gasteiger partial charge in [-0.1, -0.05) is 12.1 Å². The number of likely N-dealkylation sites (tertiary alicyclic amines) is 1. The molecule has 4 heteroatoms. The summed E-state index contributed by atoms with van der Waals surface area (Å²) in [6, 6.07) is 11.1. The van der Waals surface area contributed by atoms with Crippen molar-refractivity contribution < 1.29 is 0 Å². The van der Waals surface area contributed by atoms with Gasteiger partial charge in [-0.25, -0.2) is 0 Å². The topological polar surface area (TPSA) is 42.1 Å². The average Bonchev–Trinajstić information content (AvgIpc) is 2.41. The van der Waals surface area contributed by atoms with E-state index in [0.29, 0.717) is 6.04 Å². The van der Waals surface area contributed by atoms with Crippen LogP contribution in [-0.4, -0.2) is 29.0 Å². The minimum Gasteiger partial charge on any atom is -0.328 e. The molecule has 19 heavy (non-hydrogen) atoms. The van der Waals surface area contributed by atoms with Gasteiger partial charge in [-0.2, -0.15) is 0 Å². The molecule has 0 atom stereocenters. The largest absolute Gasteiger partial charge is 0.328 e. The molecule has 1 aromatic carbocycles. The molecule has 2 N–H and O–H groups in total. The van der Waals surface area contributed by atoms with E-state index in [2.05, 4.69) is 34.1 Å². The molecule has 0 radical (unpaired) electrons. The van der Waals surface area contributed by atoms with Crippen LogP contribution < -0.4 is 5.73 Å². The van der Waals surface area contributed by atoms with Crippen LogP contribution in [0.4, 0.5) is 0 Å². The Balaban J connectivity index is 0.00000133. The first kappa shape index (κ1) is 14.3. The highest BCUT2D eigenvalue weighted by molar-refractivity contribution is 5.85. The van der Waals surface area contributed by atoms with Crippen molar-refractivity contribution in [3.05, 3.63) is 42.1 Å². The Bertz CT molecular complexity index is 536. The molecular formula is C15H20ClN3. The standard InChI is InChI=1S/C15H19N3.ClH/c16-14-5-8-18(9-6-14)11-12-3-4-15-13(10-12)2-1-7-17-15;/h1-4,7,10,14H,5-6,8-9,11,16H2;1H. The third-order valence-electron chi connectivity index (χ3n) is 3.71. The lowest BCUT2D eigenvalue weighted by Crippen LogP contribution is -2.39. The zero-order chi connectivity index (χ0) is 12.4. The number of nitrogens with zero attached hydrogens (tertiary/aromatic N) is 2. The maximum atomic E-state index is 5.93. The molecule has 0 unspecified atom stereocenters. The molecule has 1 fully saturated rings. The van der Waals surface area contributed by atoms with Crippen molar-refractivity contribution >= 4 is 23.3 Å². The van der Waals surface area contributed by atoms with Crippen molar-refractivity contribution in [3.8, 4) is 0 Å². The Labute approximate surface area is 120 Å². The smallest absolute Gasteiger partial charge is 0.0702 e. The van der Waals surface area contributed by atoms with E-state index in [0.717, 1.165) is 38.0 Å². The fraction of sp³-hybridized carbons (Fsp3) is 0.400. The number of aromatic nitrogens is 1. The monoisotopic (exact) mass is 277 g/mol. The van der Waals surface area contributed by atoms with E-state index in [9.17, 15) is 0 Å². The number of rotatable bonds is 2. The first-order chi connectivity index (χ1) is 8.81. The summed E-state index contributed by atoms with van der Waals surface area (Å²) in [4.78, 5) is 6.84. The highest BCUT2D eigenvalue weighted by atomic mass is 35.5. The number of benzene rings is 1. The fourth-order valence-corrected chi connectivity index (χ4v) is 2.59. The Morgan fingerprint density at radius 3 is 2.79 bits per heavy atom. The molecular weight excluding hydrogens is 258 g/mol. The number of pyridine rings is 1. The highest BCUT2D eigenvalue weighted by Gasteiger charge is 2.15. The van der Waals surface area contributed by atoms with Gasteiger partial charge in [0.15, 0.2) is 0 Å². The van der Waals surface area contributed by atoms with E-state index in [4.69, 9.17) is 5.73 Å². The van der Waals surface area contributed by atoms with E-state index in [-0.39, 0.29) is 12.4 Å². The summed E-state index contributed by atoms with van der Waals surface area (Å²) >= 11 is 0. The van der Waals surface area contributed by atoms with Crippen LogP contribution in [0.3, 0.4) is 0 Å². The van der Waals surface area contributed by atoms with Crippen LogP contribution in [0.2, 0.25) is 0 Å². The molecule has 1 saturated heterocycles. The maximum Gasteiger partial charge on any atom is 0.0702 e. The summed E-state index contributed by atoms with van der Waals surface area (Å²) in [5.74, 6) is 0. The summed E-state index contributed by atoms with van der Waals surface area (Å²) in [6.45, 7) is 3.26. The van der Waals surface area contributed by atoms with Gasteiger partial charge in [-0.05, 0) is 49.7 Å². The van der Waals surface area contributed by atoms with Crippen LogP contribution in [0.25, 0.3) is 10.9 Å². The van der Waals surface area contributed by atoms with Crippen LogP contribution in [0.1, 0.15) is 18.4 Å². The molecule has 1 aliphatic heterocycles. The zero-order valence-electron chi connectivity index (χ0n) is 11.0. The third-order valence-corrected chi connectivity index (χ3v) is 3.71. The summed E-state index contributed by atoms with van der Waals surface area (Å²) in [6.07, 6.45) is 4.08. The van der Waals surface area contributed by atoms with E-state index in [1.165, 1.54) is 10.9 Å². The molecule has 0 aliphatic carbocycles. The van der Waals surface area contributed by atoms with Crippen molar-refractivity contribution in [3.63, 3.8) is 0 Å². The highest BCUT2D eigenvalue weighted by Crippen LogP contribution is 2.17. The van der Waals surface area contributed by atoms with Gasteiger partial charge in [-0.3, -0.25) is 9.88 Å². The van der Waals surface area contributed by atoms with Gasteiger partial charge in [0.25, 0.3) is 0 Å². The lowest BCUT2D eigenvalue weighted by Gasteiger charge is -2.30. The van der Waals surface area contributed by atoms with Crippen LogP contribution in [0.15, 0.2) is 36.5 Å². The van der Waals surface area contributed by atoms with Crippen LogP contribution in [-0.2, 0) is 6.54 Å². The van der Waals surface area contributed by atoms with Crippen LogP contribution in [0, 0.1) is 0 Å². The molecule has 102 valence electrons. The molecule has 0 saturated carbocycles. The quantitative estimate of drug-likeness (QED) is 0.917. The number of fused-ring (bicyclic) bond motifs is 1. The summed E-state index contributed by atoms with van der Waals surface area (Å²) in [5, 5.41) is 1.23. The van der Waals surface area contributed by atoms with Crippen LogP contribution in [0.5, 0.6) is 0 Å². The van der Waals surface area contributed by atoms with Crippen molar-refractivity contribution in [1.82, 2.24) is 9.88 Å². The Morgan fingerprint density at radius 2 is 2.00 bits per heavy atom. The van der Waals surface area contributed by atoms with Gasteiger partial charge in [0.1, 0.15) is 0 Å². The van der Waals surface area contributed by atoms with Crippen molar-refractivity contribution in [2.45, 2.75) is 25.4 Å². The first-order valence-corrected chi connectivity index (χ1v) is 6.63. The zero-order valence-corrected chi connectivity index (χ0v) is 11.8. The third kappa shape index (κ3) is 3.44. The molecule has 3 rings (SSSR count). The molecule has 1 aliphatic rings. The lowest BCUT2D eigenvalue weighted by atomic mass is 10.0. The number of nitrogens with two attached hydrogens (primary N) is 1. The van der Waals surface area contributed by atoms with Gasteiger partial charge in [0.2, 0.25) is 0 Å². The van der Waals surface area contributed by atoms with E-state index in [1.54, 1.807) is 0 Å². The number of hydrogen-bond donors (Lipinski definition) is 1. The second-order valence-corrected chi connectivity index (χ2v) is 5.14.